The van der Waals surface area contributed by atoms with Crippen molar-refractivity contribution in [1.82, 2.24) is 9.80 Å². The van der Waals surface area contributed by atoms with Crippen molar-refractivity contribution in [3.05, 3.63) is 35.4 Å². The van der Waals surface area contributed by atoms with Crippen molar-refractivity contribution in [2.75, 3.05) is 13.6 Å². The predicted octanol–water partition coefficient (Wildman–Crippen LogP) is 1.88. The molecule has 1 unspecified atom stereocenters. The molecule has 1 aromatic carbocycles. The number of aryl methyl sites for hydroxylation is 1. The Balaban J connectivity index is 2.30. The standard InChI is InChI=1S/C12H13N3O/c1-9-4-3-5-10(6-9)11-7-15(8-13)12(16)14(11)2/h3-6,11H,7H2,1-2H3. The first-order chi connectivity index (χ1) is 7.63. The van der Waals surface area contributed by atoms with Crippen LogP contribution in [-0.4, -0.2) is 29.4 Å². The molecule has 1 saturated heterocycles. The summed E-state index contributed by atoms with van der Waals surface area (Å²) in [6.07, 6.45) is 1.90. The van der Waals surface area contributed by atoms with E-state index in [-0.39, 0.29) is 12.1 Å². The van der Waals surface area contributed by atoms with Crippen molar-refractivity contribution in [2.24, 2.45) is 0 Å². The smallest absolute Gasteiger partial charge is 0.318 e. The fourth-order valence-corrected chi connectivity index (χ4v) is 1.99. The number of nitrogens with zero attached hydrogens (tertiary/aromatic N) is 3. The molecule has 0 bridgehead atoms. The van der Waals surface area contributed by atoms with Crippen molar-refractivity contribution >= 4 is 6.03 Å². The Hall–Kier alpha value is -2.02. The Morgan fingerprint density at radius 2 is 2.25 bits per heavy atom. The molecule has 4 nitrogen and oxygen atoms in total. The van der Waals surface area contributed by atoms with E-state index in [0.717, 1.165) is 11.1 Å². The SMILES string of the molecule is Cc1cccc(C2CN(C#N)C(=O)N2C)c1. The van der Waals surface area contributed by atoms with E-state index in [1.54, 1.807) is 11.9 Å². The highest BCUT2D eigenvalue weighted by molar-refractivity contribution is 5.78. The van der Waals surface area contributed by atoms with E-state index < -0.39 is 0 Å². The Bertz CT molecular complexity index is 464. The number of hydrogen-bond donors (Lipinski definition) is 0. The zero-order valence-electron chi connectivity index (χ0n) is 9.34. The lowest BCUT2D eigenvalue weighted by molar-refractivity contribution is 0.205. The van der Waals surface area contributed by atoms with Crippen LogP contribution in [0.25, 0.3) is 0 Å². The molecule has 2 rings (SSSR count). The fourth-order valence-electron chi connectivity index (χ4n) is 1.99. The first-order valence-electron chi connectivity index (χ1n) is 5.14. The third-order valence-corrected chi connectivity index (χ3v) is 2.90. The summed E-state index contributed by atoms with van der Waals surface area (Å²) < 4.78 is 0. The average Bonchev–Trinajstić information content (AvgIpc) is 2.56. The fraction of sp³-hybridized carbons (Fsp3) is 0.333. The highest BCUT2D eigenvalue weighted by Crippen LogP contribution is 2.27. The van der Waals surface area contributed by atoms with Gasteiger partial charge in [-0.15, -0.1) is 0 Å². The first-order valence-corrected chi connectivity index (χ1v) is 5.14. The molecule has 0 radical (unpaired) electrons. The average molecular weight is 215 g/mol. The third kappa shape index (κ3) is 1.61. The lowest BCUT2D eigenvalue weighted by Crippen LogP contribution is -2.26. The molecule has 0 N–H and O–H groups in total. The molecule has 82 valence electrons. The number of carbonyl (C=O) groups excluding carboxylic acids is 1. The predicted molar refractivity (Wildman–Crippen MR) is 59.4 cm³/mol. The molecule has 0 saturated carbocycles. The van der Waals surface area contributed by atoms with E-state index in [0.29, 0.717) is 6.54 Å². The number of nitriles is 1. The number of benzene rings is 1. The molecular weight excluding hydrogens is 202 g/mol. The van der Waals surface area contributed by atoms with Gasteiger partial charge < -0.3 is 4.90 Å². The maximum Gasteiger partial charge on any atom is 0.333 e. The Morgan fingerprint density at radius 3 is 2.81 bits per heavy atom. The van der Waals surface area contributed by atoms with Crippen molar-refractivity contribution < 1.29 is 4.79 Å². The maximum atomic E-state index is 11.6. The first kappa shape index (κ1) is 10.5. The molecule has 16 heavy (non-hydrogen) atoms. The molecule has 2 amide bonds. The van der Waals surface area contributed by atoms with Gasteiger partial charge in [0.2, 0.25) is 0 Å². The van der Waals surface area contributed by atoms with Gasteiger partial charge in [-0.25, -0.2) is 9.69 Å². The quantitative estimate of drug-likeness (QED) is 0.671. The topological polar surface area (TPSA) is 47.3 Å². The zero-order chi connectivity index (χ0) is 11.7. The van der Waals surface area contributed by atoms with E-state index in [2.05, 4.69) is 6.07 Å². The summed E-state index contributed by atoms with van der Waals surface area (Å²) in [6, 6.07) is 7.78. The minimum absolute atomic E-state index is 0.0213. The Kier molecular flexibility index (Phi) is 2.53. The van der Waals surface area contributed by atoms with Crippen LogP contribution in [0.5, 0.6) is 0 Å². The van der Waals surface area contributed by atoms with Crippen LogP contribution >= 0.6 is 0 Å². The van der Waals surface area contributed by atoms with Crippen LogP contribution in [0.3, 0.4) is 0 Å². The van der Waals surface area contributed by atoms with Crippen molar-refractivity contribution in [1.29, 1.82) is 5.26 Å². The van der Waals surface area contributed by atoms with Crippen LogP contribution in [-0.2, 0) is 0 Å². The van der Waals surface area contributed by atoms with Gasteiger partial charge in [0.1, 0.15) is 0 Å². The van der Waals surface area contributed by atoms with Crippen LogP contribution in [0.1, 0.15) is 17.2 Å². The second kappa shape index (κ2) is 3.86. The monoisotopic (exact) mass is 215 g/mol. The van der Waals surface area contributed by atoms with Gasteiger partial charge in [0.05, 0.1) is 12.6 Å². The third-order valence-electron chi connectivity index (χ3n) is 2.90. The number of hydrogen-bond acceptors (Lipinski definition) is 2. The van der Waals surface area contributed by atoms with Gasteiger partial charge in [0.25, 0.3) is 0 Å². The summed E-state index contributed by atoms with van der Waals surface area (Å²) >= 11 is 0. The molecule has 1 fully saturated rings. The van der Waals surface area contributed by atoms with E-state index in [9.17, 15) is 4.79 Å². The van der Waals surface area contributed by atoms with Gasteiger partial charge in [0, 0.05) is 7.05 Å². The highest BCUT2D eigenvalue weighted by Gasteiger charge is 2.35. The summed E-state index contributed by atoms with van der Waals surface area (Å²) in [7, 11) is 1.73. The molecule has 1 heterocycles. The van der Waals surface area contributed by atoms with Crippen molar-refractivity contribution in [2.45, 2.75) is 13.0 Å². The molecule has 1 atom stereocenters. The number of likely N-dealkylation sites (N-methyl/N-ethyl adjacent to an activating group) is 1. The van der Waals surface area contributed by atoms with E-state index in [4.69, 9.17) is 5.26 Å². The van der Waals surface area contributed by atoms with Crippen LogP contribution in [0.15, 0.2) is 24.3 Å². The van der Waals surface area contributed by atoms with Gasteiger partial charge in [-0.1, -0.05) is 29.8 Å². The van der Waals surface area contributed by atoms with E-state index >= 15 is 0 Å². The lowest BCUT2D eigenvalue weighted by Gasteiger charge is -2.18. The largest absolute Gasteiger partial charge is 0.333 e. The normalized spacial score (nSPS) is 20.1. The maximum absolute atomic E-state index is 11.6. The van der Waals surface area contributed by atoms with Gasteiger partial charge in [0.15, 0.2) is 6.19 Å². The second-order valence-corrected chi connectivity index (χ2v) is 4.03. The second-order valence-electron chi connectivity index (χ2n) is 4.03. The van der Waals surface area contributed by atoms with Crippen molar-refractivity contribution in [3.8, 4) is 6.19 Å². The summed E-state index contributed by atoms with van der Waals surface area (Å²) in [5.74, 6) is 0. The molecule has 4 heteroatoms. The number of amides is 2. The minimum atomic E-state index is -0.228. The molecule has 0 aliphatic carbocycles. The molecule has 1 aliphatic heterocycles. The molecule has 0 spiro atoms. The van der Waals surface area contributed by atoms with Gasteiger partial charge in [-0.05, 0) is 12.5 Å². The van der Waals surface area contributed by atoms with E-state index in [1.165, 1.54) is 4.90 Å². The van der Waals surface area contributed by atoms with E-state index in [1.807, 2.05) is 31.3 Å². The Morgan fingerprint density at radius 1 is 1.50 bits per heavy atom. The van der Waals surface area contributed by atoms with Crippen LogP contribution < -0.4 is 0 Å². The lowest BCUT2D eigenvalue weighted by atomic mass is 10.0. The number of rotatable bonds is 1. The molecular formula is C12H13N3O. The summed E-state index contributed by atoms with van der Waals surface area (Å²) in [4.78, 5) is 14.4. The molecule has 1 aliphatic rings. The highest BCUT2D eigenvalue weighted by atomic mass is 16.2. The zero-order valence-corrected chi connectivity index (χ0v) is 9.34. The Labute approximate surface area is 94.7 Å². The summed E-state index contributed by atoms with van der Waals surface area (Å²) in [6.45, 7) is 2.46. The minimum Gasteiger partial charge on any atom is -0.318 e. The summed E-state index contributed by atoms with van der Waals surface area (Å²) in [5, 5.41) is 8.80. The molecule has 1 aromatic rings. The van der Waals surface area contributed by atoms with Gasteiger partial charge in [-0.3, -0.25) is 0 Å². The van der Waals surface area contributed by atoms with Gasteiger partial charge in [-0.2, -0.15) is 5.26 Å². The number of urea groups is 1. The molecule has 0 aromatic heterocycles. The summed E-state index contributed by atoms with van der Waals surface area (Å²) in [5.41, 5.74) is 2.24. The van der Waals surface area contributed by atoms with Crippen molar-refractivity contribution in [3.63, 3.8) is 0 Å². The number of carbonyl (C=O) groups is 1. The van der Waals surface area contributed by atoms with Crippen LogP contribution in [0.4, 0.5) is 4.79 Å². The van der Waals surface area contributed by atoms with Gasteiger partial charge >= 0.3 is 6.03 Å². The van der Waals surface area contributed by atoms with Crippen LogP contribution in [0.2, 0.25) is 0 Å². The van der Waals surface area contributed by atoms with Crippen LogP contribution in [0, 0.1) is 18.4 Å².